The van der Waals surface area contributed by atoms with Crippen molar-refractivity contribution in [2.75, 3.05) is 0 Å². The first-order valence-electron chi connectivity index (χ1n) is 5.32. The number of carbonyl (C=O) groups is 2. The van der Waals surface area contributed by atoms with Crippen LogP contribution < -0.4 is 10.5 Å². The van der Waals surface area contributed by atoms with E-state index in [9.17, 15) is 9.59 Å². The highest BCUT2D eigenvalue weighted by Crippen LogP contribution is 2.17. The molecule has 1 atom stereocenters. The normalized spacial score (nSPS) is 10.3. The minimum atomic E-state index is -1.11. The van der Waals surface area contributed by atoms with E-state index in [-0.39, 0.29) is 23.7 Å². The molecule has 0 aliphatic heterocycles. The number of aromatic carboxylic acids is 1. The molecule has 0 fully saturated rings. The number of carbonyl (C=O) groups excluding carboxylic acids is 1. The number of aliphatic hydroxyl groups excluding tert-OH is 1. The lowest BCUT2D eigenvalue weighted by atomic mass is 10.2. The predicted octanol–water partition coefficient (Wildman–Crippen LogP) is 1.41. The van der Waals surface area contributed by atoms with Gasteiger partial charge in [-0.2, -0.15) is 0 Å². The molecular formula is C12H18ClNO5. The summed E-state index contributed by atoms with van der Waals surface area (Å²) in [6.07, 6.45) is 0.0231. The van der Waals surface area contributed by atoms with Crippen LogP contribution in [0.4, 0.5) is 0 Å². The summed E-state index contributed by atoms with van der Waals surface area (Å²) < 4.78 is 4.69. The molecule has 0 aliphatic rings. The van der Waals surface area contributed by atoms with Gasteiger partial charge in [-0.05, 0) is 18.6 Å². The lowest BCUT2D eigenvalue weighted by Crippen LogP contribution is -2.16. The van der Waals surface area contributed by atoms with Crippen LogP contribution >= 0.6 is 12.4 Å². The minimum Gasteiger partial charge on any atom is -0.478 e. The maximum absolute atomic E-state index is 10.6. The van der Waals surface area contributed by atoms with E-state index in [4.69, 9.17) is 15.9 Å². The molecular weight excluding hydrogens is 274 g/mol. The summed E-state index contributed by atoms with van der Waals surface area (Å²) in [5.41, 5.74) is 4.83. The van der Waals surface area contributed by atoms with E-state index in [1.54, 1.807) is 12.1 Å². The molecule has 0 radical (unpaired) electrons. The molecule has 19 heavy (non-hydrogen) atoms. The second-order valence-electron chi connectivity index (χ2n) is 3.37. The third-order valence-corrected chi connectivity index (χ3v) is 1.79. The highest BCUT2D eigenvalue weighted by atomic mass is 35.5. The molecule has 0 amide bonds. The minimum absolute atomic E-state index is 0. The number of ether oxygens (including phenoxy) is 1. The summed E-state index contributed by atoms with van der Waals surface area (Å²) in [6.45, 7) is 3.04. The van der Waals surface area contributed by atoms with Crippen LogP contribution in [0.2, 0.25) is 0 Å². The van der Waals surface area contributed by atoms with E-state index >= 15 is 0 Å². The van der Waals surface area contributed by atoms with Gasteiger partial charge in [-0.1, -0.05) is 19.1 Å². The molecule has 1 rings (SSSR count). The van der Waals surface area contributed by atoms with Gasteiger partial charge in [0.1, 0.15) is 17.5 Å². The molecule has 0 spiro atoms. The molecule has 7 heteroatoms. The van der Waals surface area contributed by atoms with Crippen LogP contribution in [0.3, 0.4) is 0 Å². The summed E-state index contributed by atoms with van der Waals surface area (Å²) in [4.78, 5) is 21.2. The molecule has 6 nitrogen and oxygen atoms in total. The SMILES string of the molecule is CC(=O)Oc1ccccc1C(=O)O.CCC(N)O.Cl. The summed E-state index contributed by atoms with van der Waals surface area (Å²) >= 11 is 0. The van der Waals surface area contributed by atoms with Gasteiger partial charge >= 0.3 is 11.9 Å². The summed E-state index contributed by atoms with van der Waals surface area (Å²) in [6, 6.07) is 5.98. The Bertz CT molecular complexity index is 409. The average Bonchev–Trinajstić information content (AvgIpc) is 2.29. The highest BCUT2D eigenvalue weighted by Gasteiger charge is 2.10. The molecule has 1 aromatic rings. The van der Waals surface area contributed by atoms with Crippen LogP contribution in [0.1, 0.15) is 30.6 Å². The zero-order valence-corrected chi connectivity index (χ0v) is 11.5. The zero-order valence-electron chi connectivity index (χ0n) is 10.7. The molecule has 0 aliphatic carbocycles. The van der Waals surface area contributed by atoms with Gasteiger partial charge in [-0.3, -0.25) is 4.79 Å². The number of carboxylic acids is 1. The number of aliphatic hydroxyl groups is 1. The Balaban J connectivity index is 0. The number of carboxylic acid groups (broad SMARTS) is 1. The van der Waals surface area contributed by atoms with Gasteiger partial charge in [0.2, 0.25) is 0 Å². The van der Waals surface area contributed by atoms with Gasteiger partial charge in [-0.15, -0.1) is 12.4 Å². The Hall–Kier alpha value is -1.63. The monoisotopic (exact) mass is 291 g/mol. The molecule has 0 heterocycles. The molecule has 0 saturated heterocycles. The van der Waals surface area contributed by atoms with Gasteiger partial charge in [0, 0.05) is 6.92 Å². The second kappa shape index (κ2) is 10.3. The van der Waals surface area contributed by atoms with E-state index in [1.165, 1.54) is 19.1 Å². The van der Waals surface area contributed by atoms with Crippen LogP contribution in [-0.4, -0.2) is 28.4 Å². The Morgan fingerprint density at radius 1 is 1.37 bits per heavy atom. The first-order valence-corrected chi connectivity index (χ1v) is 5.32. The standard InChI is InChI=1S/C9H8O4.C3H9NO.ClH/c1-6(10)13-8-5-3-2-4-7(8)9(11)12;1-2-3(4)5;/h2-5H,1H3,(H,11,12);3,5H,2,4H2,1H3;1H. The Labute approximate surface area is 117 Å². The predicted molar refractivity (Wildman–Crippen MR) is 72.4 cm³/mol. The fraction of sp³-hybridized carbons (Fsp3) is 0.333. The van der Waals surface area contributed by atoms with E-state index < -0.39 is 18.2 Å². The zero-order chi connectivity index (χ0) is 14.1. The number of hydrogen-bond donors (Lipinski definition) is 3. The van der Waals surface area contributed by atoms with Crippen LogP contribution in [0, 0.1) is 0 Å². The number of rotatable bonds is 3. The molecule has 0 aromatic heterocycles. The van der Waals surface area contributed by atoms with Crippen molar-refractivity contribution >= 4 is 24.3 Å². The van der Waals surface area contributed by atoms with Gasteiger partial charge in [0.25, 0.3) is 0 Å². The van der Waals surface area contributed by atoms with Crippen LogP contribution in [0.5, 0.6) is 5.75 Å². The number of benzene rings is 1. The number of para-hydroxylation sites is 1. The van der Waals surface area contributed by atoms with Crippen molar-refractivity contribution in [1.82, 2.24) is 0 Å². The first-order chi connectivity index (χ1) is 8.38. The molecule has 1 unspecified atom stereocenters. The van der Waals surface area contributed by atoms with E-state index in [0.717, 1.165) is 0 Å². The number of hydrogen-bond acceptors (Lipinski definition) is 5. The quantitative estimate of drug-likeness (QED) is 0.441. The first kappa shape index (κ1) is 19.7. The van der Waals surface area contributed by atoms with Crippen molar-refractivity contribution in [2.45, 2.75) is 26.5 Å². The molecule has 0 bridgehead atoms. The van der Waals surface area contributed by atoms with E-state index in [2.05, 4.69) is 4.74 Å². The largest absolute Gasteiger partial charge is 0.478 e. The third-order valence-electron chi connectivity index (χ3n) is 1.79. The highest BCUT2D eigenvalue weighted by molar-refractivity contribution is 5.91. The maximum Gasteiger partial charge on any atom is 0.339 e. The molecule has 4 N–H and O–H groups in total. The summed E-state index contributed by atoms with van der Waals surface area (Å²) in [5.74, 6) is -1.58. The summed E-state index contributed by atoms with van der Waals surface area (Å²) in [5, 5.41) is 16.8. The van der Waals surface area contributed by atoms with E-state index in [0.29, 0.717) is 6.42 Å². The lowest BCUT2D eigenvalue weighted by Gasteiger charge is -2.03. The Kier molecular flexibility index (Phi) is 10.7. The third kappa shape index (κ3) is 9.01. The average molecular weight is 292 g/mol. The van der Waals surface area contributed by atoms with Gasteiger partial charge in [0.05, 0.1) is 0 Å². The second-order valence-corrected chi connectivity index (χ2v) is 3.37. The molecule has 0 saturated carbocycles. The topological polar surface area (TPSA) is 110 Å². The molecule has 1 aromatic carbocycles. The van der Waals surface area contributed by atoms with Crippen LogP contribution in [0.25, 0.3) is 0 Å². The van der Waals surface area contributed by atoms with Crippen molar-refractivity contribution in [3.05, 3.63) is 29.8 Å². The van der Waals surface area contributed by atoms with Gasteiger partial charge < -0.3 is 20.7 Å². The van der Waals surface area contributed by atoms with Crippen molar-refractivity contribution in [1.29, 1.82) is 0 Å². The van der Waals surface area contributed by atoms with Crippen molar-refractivity contribution in [2.24, 2.45) is 5.73 Å². The lowest BCUT2D eigenvalue weighted by molar-refractivity contribution is -0.131. The van der Waals surface area contributed by atoms with E-state index in [1.807, 2.05) is 6.92 Å². The van der Waals surface area contributed by atoms with Crippen molar-refractivity contribution in [3.63, 3.8) is 0 Å². The Morgan fingerprint density at radius 3 is 2.21 bits per heavy atom. The van der Waals surface area contributed by atoms with Crippen molar-refractivity contribution in [3.8, 4) is 5.75 Å². The number of halogens is 1. The van der Waals surface area contributed by atoms with Crippen LogP contribution in [0.15, 0.2) is 24.3 Å². The Morgan fingerprint density at radius 2 is 1.84 bits per heavy atom. The van der Waals surface area contributed by atoms with Gasteiger partial charge in [0.15, 0.2) is 0 Å². The fourth-order valence-corrected chi connectivity index (χ4v) is 0.887. The van der Waals surface area contributed by atoms with Crippen LogP contribution in [-0.2, 0) is 4.79 Å². The number of esters is 1. The van der Waals surface area contributed by atoms with Gasteiger partial charge in [-0.25, -0.2) is 4.79 Å². The maximum atomic E-state index is 10.6. The smallest absolute Gasteiger partial charge is 0.339 e. The van der Waals surface area contributed by atoms with Crippen molar-refractivity contribution < 1.29 is 24.5 Å². The number of nitrogens with two attached hydrogens (primary N) is 1. The molecule has 108 valence electrons. The fourth-order valence-electron chi connectivity index (χ4n) is 0.887. The summed E-state index contributed by atoms with van der Waals surface area (Å²) in [7, 11) is 0.